The predicted octanol–water partition coefficient (Wildman–Crippen LogP) is 7.07. The van der Waals surface area contributed by atoms with Crippen LogP contribution in [0.3, 0.4) is 0 Å². The Labute approximate surface area is 152 Å². The van der Waals surface area contributed by atoms with Crippen LogP contribution in [0.5, 0.6) is 0 Å². The molecule has 0 radical (unpaired) electrons. The monoisotopic (exact) mass is 331 g/mol. The molecule has 0 unspecified atom stereocenters. The van der Waals surface area contributed by atoms with E-state index < -0.39 is 0 Å². The highest BCUT2D eigenvalue weighted by molar-refractivity contribution is 5.74. The molecular weight excluding hydrogens is 302 g/mol. The van der Waals surface area contributed by atoms with Crippen molar-refractivity contribution in [2.45, 2.75) is 46.5 Å². The summed E-state index contributed by atoms with van der Waals surface area (Å²) in [6.45, 7) is 6.60. The fraction of sp³-hybridized carbons (Fsp3) is 0.292. The molecule has 25 heavy (non-hydrogen) atoms. The van der Waals surface area contributed by atoms with Gasteiger partial charge in [-0.1, -0.05) is 68.3 Å². The van der Waals surface area contributed by atoms with Gasteiger partial charge in [-0.2, -0.15) is 0 Å². The summed E-state index contributed by atoms with van der Waals surface area (Å²) in [4.78, 5) is 4.21. The summed E-state index contributed by atoms with van der Waals surface area (Å²) in [5, 5.41) is 0. The molecule has 1 aliphatic rings. The van der Waals surface area contributed by atoms with Crippen molar-refractivity contribution in [3.8, 4) is 0 Å². The second-order valence-corrected chi connectivity index (χ2v) is 6.43. The van der Waals surface area contributed by atoms with E-state index in [9.17, 15) is 0 Å². The molecule has 1 heteroatoms. The molecule has 0 aromatic heterocycles. The zero-order valence-corrected chi connectivity index (χ0v) is 15.7. The molecule has 0 saturated heterocycles. The lowest BCUT2D eigenvalue weighted by Gasteiger charge is -2.12. The molecule has 0 bridgehead atoms. The van der Waals surface area contributed by atoms with Gasteiger partial charge in [-0.25, -0.2) is 0 Å². The van der Waals surface area contributed by atoms with Crippen LogP contribution in [0.4, 0.5) is 0 Å². The van der Waals surface area contributed by atoms with Crippen LogP contribution in [0.15, 0.2) is 88.6 Å². The Morgan fingerprint density at radius 1 is 1.04 bits per heavy atom. The standard InChI is InChI=1S/C24H29N/c1-4-5-7-13-23(24-14-10-18-25-19-17-21(24)3)16-15-20(2)22-11-8-6-9-12-22/h6,8-12,14-19H,4-5,7,13H2,1-3H3/b14-10+,18-10?,19-17-,20-15+,21-17?,23-16+,24-14?,24-21-,25-18-,25-19?. The van der Waals surface area contributed by atoms with Gasteiger partial charge in [0.2, 0.25) is 0 Å². The van der Waals surface area contributed by atoms with Crippen molar-refractivity contribution in [1.82, 2.24) is 0 Å². The van der Waals surface area contributed by atoms with Crippen LogP contribution < -0.4 is 0 Å². The summed E-state index contributed by atoms with van der Waals surface area (Å²) in [5.74, 6) is 0. The van der Waals surface area contributed by atoms with Gasteiger partial charge >= 0.3 is 0 Å². The molecule has 0 saturated carbocycles. The molecule has 1 aliphatic heterocycles. The molecule has 2 rings (SSSR count). The fourth-order valence-electron chi connectivity index (χ4n) is 2.87. The minimum atomic E-state index is 1.11. The van der Waals surface area contributed by atoms with Crippen molar-refractivity contribution in [2.24, 2.45) is 4.99 Å². The number of hydrogen-bond acceptors (Lipinski definition) is 1. The first-order valence-electron chi connectivity index (χ1n) is 9.23. The number of allylic oxidation sites excluding steroid dienone is 9. The Balaban J connectivity index is 2.33. The van der Waals surface area contributed by atoms with E-state index in [0.717, 1.165) is 6.42 Å². The first kappa shape index (κ1) is 18.9. The van der Waals surface area contributed by atoms with E-state index in [1.165, 1.54) is 47.1 Å². The van der Waals surface area contributed by atoms with Gasteiger partial charge in [0.25, 0.3) is 0 Å². The summed E-state index contributed by atoms with van der Waals surface area (Å²) in [7, 11) is 0. The average Bonchev–Trinajstić information content (AvgIpc) is 2.63. The van der Waals surface area contributed by atoms with Crippen LogP contribution in [0, 0.1) is 0 Å². The van der Waals surface area contributed by atoms with Gasteiger partial charge in [0.15, 0.2) is 0 Å². The maximum atomic E-state index is 4.21. The van der Waals surface area contributed by atoms with Crippen molar-refractivity contribution < 1.29 is 0 Å². The topological polar surface area (TPSA) is 12.4 Å². The normalized spacial score (nSPS) is 22.2. The van der Waals surface area contributed by atoms with Crippen molar-refractivity contribution in [3.05, 3.63) is 89.2 Å². The molecular formula is C24H29N. The highest BCUT2D eigenvalue weighted by Crippen LogP contribution is 2.25. The second-order valence-electron chi connectivity index (χ2n) is 6.43. The molecule has 0 fully saturated rings. The maximum absolute atomic E-state index is 4.21. The minimum absolute atomic E-state index is 1.11. The van der Waals surface area contributed by atoms with Crippen LogP contribution in [0.25, 0.3) is 5.57 Å². The van der Waals surface area contributed by atoms with Crippen molar-refractivity contribution in [3.63, 3.8) is 0 Å². The molecule has 0 aliphatic carbocycles. The lowest BCUT2D eigenvalue weighted by atomic mass is 9.94. The molecule has 0 N–H and O–H groups in total. The highest BCUT2D eigenvalue weighted by Gasteiger charge is 2.06. The number of unbranched alkanes of at least 4 members (excludes halogenated alkanes) is 2. The zero-order chi connectivity index (χ0) is 17.9. The van der Waals surface area contributed by atoms with E-state index in [4.69, 9.17) is 0 Å². The number of benzene rings is 1. The van der Waals surface area contributed by atoms with Gasteiger partial charge in [0.05, 0.1) is 0 Å². The van der Waals surface area contributed by atoms with Gasteiger partial charge in [0, 0.05) is 12.4 Å². The number of aliphatic imine (C=N–C) groups is 1. The SMILES string of the molecule is CCCCCC(=C\C=C(/C)c1ccccc1)/C1=C(C)\C=C/N=C\C=C\1. The van der Waals surface area contributed by atoms with E-state index >= 15 is 0 Å². The third-order valence-electron chi connectivity index (χ3n) is 4.43. The third-order valence-corrected chi connectivity index (χ3v) is 4.43. The largest absolute Gasteiger partial charge is 0.265 e. The third kappa shape index (κ3) is 6.19. The predicted molar refractivity (Wildman–Crippen MR) is 112 cm³/mol. The average molecular weight is 332 g/mol. The molecule has 0 amide bonds. The summed E-state index contributed by atoms with van der Waals surface area (Å²) in [5.41, 5.74) is 6.55. The molecule has 1 aromatic carbocycles. The highest BCUT2D eigenvalue weighted by atomic mass is 14.7. The molecule has 0 spiro atoms. The molecule has 130 valence electrons. The van der Waals surface area contributed by atoms with Crippen molar-refractivity contribution in [2.75, 3.05) is 0 Å². The first-order valence-corrected chi connectivity index (χ1v) is 9.23. The summed E-state index contributed by atoms with van der Waals surface area (Å²) < 4.78 is 0. The van der Waals surface area contributed by atoms with Crippen molar-refractivity contribution in [1.29, 1.82) is 0 Å². The smallest absolute Gasteiger partial charge is 0.0270 e. The van der Waals surface area contributed by atoms with Gasteiger partial charge in [-0.3, -0.25) is 4.99 Å². The Bertz CT molecular complexity index is 725. The first-order chi connectivity index (χ1) is 12.2. The van der Waals surface area contributed by atoms with Crippen LogP contribution in [0.1, 0.15) is 52.0 Å². The number of hydrogen-bond donors (Lipinski definition) is 0. The van der Waals surface area contributed by atoms with Gasteiger partial charge < -0.3 is 0 Å². The van der Waals surface area contributed by atoms with E-state index in [1.54, 1.807) is 0 Å². The van der Waals surface area contributed by atoms with Crippen molar-refractivity contribution >= 4 is 11.8 Å². The van der Waals surface area contributed by atoms with Crippen LogP contribution >= 0.6 is 0 Å². The molecule has 1 nitrogen and oxygen atoms in total. The van der Waals surface area contributed by atoms with E-state index in [2.05, 4.69) is 80.4 Å². The van der Waals surface area contributed by atoms with E-state index in [-0.39, 0.29) is 0 Å². The second kappa shape index (κ2) is 10.5. The summed E-state index contributed by atoms with van der Waals surface area (Å²) in [6.07, 6.45) is 19.4. The Morgan fingerprint density at radius 3 is 2.60 bits per heavy atom. The minimum Gasteiger partial charge on any atom is -0.265 e. The van der Waals surface area contributed by atoms with Gasteiger partial charge in [-0.05, 0) is 66.7 Å². The Morgan fingerprint density at radius 2 is 1.84 bits per heavy atom. The molecule has 1 aromatic rings. The van der Waals surface area contributed by atoms with Crippen LogP contribution in [0.2, 0.25) is 0 Å². The van der Waals surface area contributed by atoms with Gasteiger partial charge in [-0.15, -0.1) is 0 Å². The van der Waals surface area contributed by atoms with E-state index in [0.29, 0.717) is 0 Å². The lowest BCUT2D eigenvalue weighted by molar-refractivity contribution is 0.716. The fourth-order valence-corrected chi connectivity index (χ4v) is 2.87. The van der Waals surface area contributed by atoms with E-state index in [1.807, 2.05) is 18.5 Å². The Hall–Kier alpha value is -2.41. The number of nitrogens with zero attached hydrogens (tertiary/aromatic N) is 1. The molecule has 1 heterocycles. The number of rotatable bonds is 7. The zero-order valence-electron chi connectivity index (χ0n) is 15.7. The Kier molecular flexibility index (Phi) is 7.91. The summed E-state index contributed by atoms with van der Waals surface area (Å²) >= 11 is 0. The summed E-state index contributed by atoms with van der Waals surface area (Å²) in [6, 6.07) is 10.6. The van der Waals surface area contributed by atoms with Crippen LogP contribution in [-0.4, -0.2) is 6.21 Å². The van der Waals surface area contributed by atoms with Crippen LogP contribution in [-0.2, 0) is 0 Å². The maximum Gasteiger partial charge on any atom is 0.0270 e. The lowest BCUT2D eigenvalue weighted by Crippen LogP contribution is -1.93. The molecule has 0 atom stereocenters. The quantitative estimate of drug-likeness (QED) is 0.374. The van der Waals surface area contributed by atoms with Gasteiger partial charge in [0.1, 0.15) is 0 Å².